The zero-order chi connectivity index (χ0) is 28.7. The second kappa shape index (κ2) is 11.2. The summed E-state index contributed by atoms with van der Waals surface area (Å²) in [7, 11) is 0. The summed E-state index contributed by atoms with van der Waals surface area (Å²) in [5.41, 5.74) is 1.29. The second-order valence-corrected chi connectivity index (χ2v) is 10.9. The molecule has 0 spiro atoms. The number of piperidine rings is 1. The number of aryl methyl sites for hydroxylation is 1. The summed E-state index contributed by atoms with van der Waals surface area (Å²) in [6.07, 6.45) is 1.88. The molecule has 1 N–H and O–H groups in total. The normalized spacial score (nSPS) is 18.0. The van der Waals surface area contributed by atoms with Crippen molar-refractivity contribution in [3.05, 3.63) is 59.2 Å². The summed E-state index contributed by atoms with van der Waals surface area (Å²) < 4.78 is 57.8. The van der Waals surface area contributed by atoms with E-state index in [-0.39, 0.29) is 34.5 Å². The molecule has 2 aliphatic heterocycles. The lowest BCUT2D eigenvalue weighted by atomic mass is 9.88. The Balaban J connectivity index is 1.54. The standard InChI is InChI=1S/C29H33F4N5O2/c1-16(2)37(15-25(31)32)28(39)23-11-20(30)7-8-21(23)22-10-18(14-38-17(3)35-27(33)26(22)38)19-12-36(13-19)29(40)24-6-4-5-9-34-24/h7-8,10-11,14,16,19,24-25,34H,4-6,9,12-13,15H2,1-3H3/t24-/m0/s1. The maximum atomic E-state index is 15.2. The Labute approximate surface area is 230 Å². The summed E-state index contributed by atoms with van der Waals surface area (Å²) in [6, 6.07) is 4.52. The van der Waals surface area contributed by atoms with Crippen molar-refractivity contribution in [3.8, 4) is 11.1 Å². The van der Waals surface area contributed by atoms with Crippen LogP contribution < -0.4 is 5.32 Å². The van der Waals surface area contributed by atoms with Gasteiger partial charge >= 0.3 is 0 Å². The molecule has 0 bridgehead atoms. The topological polar surface area (TPSA) is 70.0 Å². The number of hydrogen-bond donors (Lipinski definition) is 1. The third-order valence-corrected chi connectivity index (χ3v) is 7.88. The van der Waals surface area contributed by atoms with Gasteiger partial charge in [0.15, 0.2) is 0 Å². The van der Waals surface area contributed by atoms with Gasteiger partial charge in [0.1, 0.15) is 17.2 Å². The van der Waals surface area contributed by atoms with Gasteiger partial charge in [0.05, 0.1) is 18.2 Å². The molecule has 0 aliphatic carbocycles. The fourth-order valence-electron chi connectivity index (χ4n) is 5.67. The zero-order valence-electron chi connectivity index (χ0n) is 22.8. The molecule has 2 saturated heterocycles. The number of likely N-dealkylation sites (tertiary alicyclic amines) is 1. The number of aromatic nitrogens is 2. The van der Waals surface area contributed by atoms with Crippen LogP contribution in [0.5, 0.6) is 0 Å². The highest BCUT2D eigenvalue weighted by atomic mass is 19.3. The summed E-state index contributed by atoms with van der Waals surface area (Å²) in [4.78, 5) is 33.2. The minimum Gasteiger partial charge on any atom is -0.340 e. The molecule has 0 radical (unpaired) electrons. The molecule has 2 amide bonds. The maximum Gasteiger partial charge on any atom is 0.255 e. The Hall–Kier alpha value is -3.47. The van der Waals surface area contributed by atoms with Crippen molar-refractivity contribution in [2.24, 2.45) is 0 Å². The molecule has 1 aromatic carbocycles. The molecule has 4 heterocycles. The predicted octanol–water partition coefficient (Wildman–Crippen LogP) is 4.77. The highest BCUT2D eigenvalue weighted by molar-refractivity contribution is 6.03. The lowest BCUT2D eigenvalue weighted by molar-refractivity contribution is -0.138. The minimum absolute atomic E-state index is 0.0360. The minimum atomic E-state index is -2.78. The first-order valence-corrected chi connectivity index (χ1v) is 13.6. The molecule has 11 heteroatoms. The van der Waals surface area contributed by atoms with Crippen LogP contribution in [0.15, 0.2) is 30.5 Å². The van der Waals surface area contributed by atoms with Crippen LogP contribution in [0, 0.1) is 18.7 Å². The molecule has 1 atom stereocenters. The van der Waals surface area contributed by atoms with Gasteiger partial charge in [-0.2, -0.15) is 4.39 Å². The van der Waals surface area contributed by atoms with E-state index in [0.29, 0.717) is 24.5 Å². The maximum absolute atomic E-state index is 15.2. The number of pyridine rings is 1. The number of benzene rings is 1. The van der Waals surface area contributed by atoms with Crippen LogP contribution in [0.2, 0.25) is 0 Å². The first kappa shape index (κ1) is 28.1. The monoisotopic (exact) mass is 559 g/mol. The largest absolute Gasteiger partial charge is 0.340 e. The van der Waals surface area contributed by atoms with Crippen LogP contribution in [0.3, 0.4) is 0 Å². The van der Waals surface area contributed by atoms with E-state index in [1.807, 2.05) is 0 Å². The fourth-order valence-corrected chi connectivity index (χ4v) is 5.67. The van der Waals surface area contributed by atoms with Crippen LogP contribution in [-0.2, 0) is 4.79 Å². The highest BCUT2D eigenvalue weighted by Gasteiger charge is 2.36. The van der Waals surface area contributed by atoms with Gasteiger partial charge in [-0.05, 0) is 69.5 Å². The zero-order valence-corrected chi connectivity index (χ0v) is 22.8. The van der Waals surface area contributed by atoms with Crippen LogP contribution in [0.4, 0.5) is 17.6 Å². The molecule has 2 fully saturated rings. The first-order valence-electron chi connectivity index (χ1n) is 13.6. The van der Waals surface area contributed by atoms with E-state index in [1.54, 1.807) is 42.3 Å². The Morgan fingerprint density at radius 2 is 1.88 bits per heavy atom. The molecule has 214 valence electrons. The molecule has 2 aromatic heterocycles. The Morgan fingerprint density at radius 1 is 1.12 bits per heavy atom. The third kappa shape index (κ3) is 5.31. The molecule has 5 rings (SSSR count). The van der Waals surface area contributed by atoms with E-state index in [4.69, 9.17) is 0 Å². The van der Waals surface area contributed by atoms with Crippen LogP contribution in [-0.4, -0.2) is 75.7 Å². The quantitative estimate of drug-likeness (QED) is 0.424. The number of nitrogens with zero attached hydrogens (tertiary/aromatic N) is 4. The smallest absolute Gasteiger partial charge is 0.255 e. The van der Waals surface area contributed by atoms with Crippen molar-refractivity contribution < 1.29 is 27.2 Å². The van der Waals surface area contributed by atoms with Crippen LogP contribution >= 0.6 is 0 Å². The second-order valence-electron chi connectivity index (χ2n) is 10.9. The number of hydrogen-bond acceptors (Lipinski definition) is 4. The van der Waals surface area contributed by atoms with E-state index >= 15 is 4.39 Å². The van der Waals surface area contributed by atoms with Gasteiger partial charge < -0.3 is 19.5 Å². The molecule has 40 heavy (non-hydrogen) atoms. The first-order chi connectivity index (χ1) is 19.0. The van der Waals surface area contributed by atoms with Gasteiger partial charge in [0.2, 0.25) is 11.9 Å². The van der Waals surface area contributed by atoms with E-state index in [1.165, 1.54) is 6.07 Å². The van der Waals surface area contributed by atoms with Crippen molar-refractivity contribution in [3.63, 3.8) is 0 Å². The average Bonchev–Trinajstić information content (AvgIpc) is 3.18. The van der Waals surface area contributed by atoms with Crippen LogP contribution in [0.1, 0.15) is 60.8 Å². The lowest BCUT2D eigenvalue weighted by Gasteiger charge is -2.42. The lowest BCUT2D eigenvalue weighted by Crippen LogP contribution is -2.56. The summed E-state index contributed by atoms with van der Waals surface area (Å²) >= 11 is 0. The van der Waals surface area contributed by atoms with E-state index < -0.39 is 36.7 Å². The molecule has 7 nitrogen and oxygen atoms in total. The van der Waals surface area contributed by atoms with Crippen molar-refractivity contribution in [1.82, 2.24) is 24.5 Å². The third-order valence-electron chi connectivity index (χ3n) is 7.88. The number of carbonyl (C=O) groups is 2. The molecule has 3 aromatic rings. The van der Waals surface area contributed by atoms with Crippen molar-refractivity contribution in [2.75, 3.05) is 26.2 Å². The summed E-state index contributed by atoms with van der Waals surface area (Å²) in [6.45, 7) is 5.84. The molecule has 0 saturated carbocycles. The van der Waals surface area contributed by atoms with Gasteiger partial charge in [-0.15, -0.1) is 0 Å². The van der Waals surface area contributed by atoms with Crippen molar-refractivity contribution in [1.29, 1.82) is 0 Å². The predicted molar refractivity (Wildman–Crippen MR) is 142 cm³/mol. The number of alkyl halides is 2. The number of halogens is 4. The van der Waals surface area contributed by atoms with E-state index in [0.717, 1.165) is 48.4 Å². The van der Waals surface area contributed by atoms with Gasteiger partial charge in [-0.25, -0.2) is 18.2 Å². The van der Waals surface area contributed by atoms with E-state index in [2.05, 4.69) is 10.3 Å². The highest BCUT2D eigenvalue weighted by Crippen LogP contribution is 2.37. The number of carbonyl (C=O) groups excluding carboxylic acids is 2. The molecule has 2 aliphatic rings. The molecular formula is C29H33F4N5O2. The van der Waals surface area contributed by atoms with Gasteiger partial charge in [0.25, 0.3) is 12.3 Å². The Bertz CT molecular complexity index is 1430. The van der Waals surface area contributed by atoms with Gasteiger partial charge in [0, 0.05) is 36.8 Å². The fraction of sp³-hybridized carbons (Fsp3) is 0.483. The Kier molecular flexibility index (Phi) is 7.85. The molecule has 0 unspecified atom stereocenters. The Morgan fingerprint density at radius 3 is 2.52 bits per heavy atom. The van der Waals surface area contributed by atoms with Gasteiger partial charge in [-0.3, -0.25) is 9.59 Å². The summed E-state index contributed by atoms with van der Waals surface area (Å²) in [5, 5.41) is 3.28. The summed E-state index contributed by atoms with van der Waals surface area (Å²) in [5.74, 6) is -1.83. The van der Waals surface area contributed by atoms with Crippen LogP contribution in [0.25, 0.3) is 16.6 Å². The number of rotatable bonds is 7. The van der Waals surface area contributed by atoms with Crippen molar-refractivity contribution >= 4 is 17.3 Å². The average molecular weight is 560 g/mol. The SMILES string of the molecule is Cc1nc(F)c2c(-c3ccc(F)cc3C(=O)N(CC(F)F)C(C)C)cc(C3CN(C(=O)[C@@H]4CCCCN4)C3)cn12. The van der Waals surface area contributed by atoms with E-state index in [9.17, 15) is 22.8 Å². The molecular weight excluding hydrogens is 526 g/mol. The van der Waals surface area contributed by atoms with Crippen molar-refractivity contribution in [2.45, 2.75) is 64.5 Å². The number of fused-ring (bicyclic) bond motifs is 1. The number of imidazole rings is 1. The van der Waals surface area contributed by atoms with Gasteiger partial charge in [-0.1, -0.05) is 12.5 Å². The number of amides is 2. The number of nitrogens with one attached hydrogen (secondary N) is 1.